The van der Waals surface area contributed by atoms with Gasteiger partial charge in [-0.25, -0.2) is 0 Å². The zero-order valence-corrected chi connectivity index (χ0v) is 14.7. The molecule has 1 aromatic carbocycles. The first-order chi connectivity index (χ1) is 10.7. The minimum atomic E-state index is -0.203. The first-order valence-corrected chi connectivity index (χ1v) is 7.95. The summed E-state index contributed by atoms with van der Waals surface area (Å²) in [5.41, 5.74) is 0.840. The number of aliphatic hydroxyl groups is 1. The summed E-state index contributed by atoms with van der Waals surface area (Å²) in [6.45, 7) is 7.97. The van der Waals surface area contributed by atoms with Gasteiger partial charge in [-0.3, -0.25) is 9.69 Å². The van der Waals surface area contributed by atoms with Crippen LogP contribution in [-0.4, -0.2) is 42.2 Å². The van der Waals surface area contributed by atoms with Crippen molar-refractivity contribution in [2.45, 2.75) is 27.2 Å². The van der Waals surface area contributed by atoms with E-state index in [1.165, 1.54) is 0 Å². The normalized spacial score (nSPS) is 11.3. The molecule has 0 bridgehead atoms. The molecule has 0 unspecified atom stereocenters. The number of hydrogen-bond donors (Lipinski definition) is 2. The summed E-state index contributed by atoms with van der Waals surface area (Å²) in [5, 5.41) is 21.3. The van der Waals surface area contributed by atoms with Crippen LogP contribution in [0.25, 0.3) is 0 Å². The molecule has 0 spiro atoms. The Hall–Kier alpha value is -1.61. The third-order valence-electron chi connectivity index (χ3n) is 3.07. The Labute approximate surface area is 142 Å². The molecule has 0 heterocycles. The number of carbonyl (C=O) groups is 1. The predicted molar refractivity (Wildman–Crippen MR) is 92.4 cm³/mol. The van der Waals surface area contributed by atoms with Crippen molar-refractivity contribution < 1.29 is 9.90 Å². The number of hydrogen-bond acceptors (Lipinski definition) is 4. The summed E-state index contributed by atoms with van der Waals surface area (Å²) < 4.78 is 0. The smallest absolute Gasteiger partial charge is 0.238 e. The van der Waals surface area contributed by atoms with E-state index in [1.54, 1.807) is 18.2 Å². The fraction of sp³-hybridized carbons (Fsp3) is 0.529. The Kier molecular flexibility index (Phi) is 7.50. The van der Waals surface area contributed by atoms with Crippen molar-refractivity contribution in [1.29, 1.82) is 5.26 Å². The molecule has 1 aromatic rings. The van der Waals surface area contributed by atoms with E-state index in [0.717, 1.165) is 6.54 Å². The maximum absolute atomic E-state index is 12.3. The number of aliphatic hydroxyl groups excluding tert-OH is 1. The van der Waals surface area contributed by atoms with Crippen molar-refractivity contribution in [2.75, 3.05) is 31.6 Å². The van der Waals surface area contributed by atoms with Crippen LogP contribution in [0.1, 0.15) is 32.8 Å². The Bertz CT molecular complexity index is 576. The van der Waals surface area contributed by atoms with Gasteiger partial charge in [0.2, 0.25) is 5.91 Å². The number of anilines is 1. The summed E-state index contributed by atoms with van der Waals surface area (Å²) in [7, 11) is 0. The molecular weight excluding hydrogens is 314 g/mol. The SMILES string of the molecule is CC(C)(C)CN(CCCO)CC(=O)Nc1cc(Cl)ccc1C#N. The summed E-state index contributed by atoms with van der Waals surface area (Å²) >= 11 is 5.92. The highest BCUT2D eigenvalue weighted by Gasteiger charge is 2.19. The highest BCUT2D eigenvalue weighted by molar-refractivity contribution is 6.31. The number of halogens is 1. The van der Waals surface area contributed by atoms with Crippen molar-refractivity contribution in [3.8, 4) is 6.07 Å². The van der Waals surface area contributed by atoms with Gasteiger partial charge in [0.15, 0.2) is 0 Å². The molecule has 23 heavy (non-hydrogen) atoms. The molecule has 0 radical (unpaired) electrons. The second-order valence-electron chi connectivity index (χ2n) is 6.70. The predicted octanol–water partition coefficient (Wildman–Crippen LogP) is 2.88. The van der Waals surface area contributed by atoms with Crippen LogP contribution in [0, 0.1) is 16.7 Å². The molecule has 2 N–H and O–H groups in total. The molecule has 0 fully saturated rings. The van der Waals surface area contributed by atoms with Crippen LogP contribution in [-0.2, 0) is 4.79 Å². The molecule has 0 aliphatic heterocycles. The van der Waals surface area contributed by atoms with Gasteiger partial charge in [0, 0.05) is 24.7 Å². The molecular formula is C17H24ClN3O2. The lowest BCUT2D eigenvalue weighted by atomic mass is 9.96. The van der Waals surface area contributed by atoms with Crippen LogP contribution in [0.5, 0.6) is 0 Å². The van der Waals surface area contributed by atoms with Crippen LogP contribution in [0.4, 0.5) is 5.69 Å². The lowest BCUT2D eigenvalue weighted by Crippen LogP contribution is -2.39. The van der Waals surface area contributed by atoms with Gasteiger partial charge < -0.3 is 10.4 Å². The Morgan fingerprint density at radius 2 is 2.13 bits per heavy atom. The van der Waals surface area contributed by atoms with Crippen LogP contribution >= 0.6 is 11.6 Å². The monoisotopic (exact) mass is 337 g/mol. The molecule has 126 valence electrons. The number of nitrogens with one attached hydrogen (secondary N) is 1. The van der Waals surface area contributed by atoms with E-state index in [2.05, 4.69) is 26.1 Å². The zero-order valence-electron chi connectivity index (χ0n) is 13.9. The number of amides is 1. The fourth-order valence-corrected chi connectivity index (χ4v) is 2.46. The van der Waals surface area contributed by atoms with E-state index in [4.69, 9.17) is 22.0 Å². The number of rotatable bonds is 7. The minimum Gasteiger partial charge on any atom is -0.396 e. The van der Waals surface area contributed by atoms with Gasteiger partial charge >= 0.3 is 0 Å². The Morgan fingerprint density at radius 3 is 2.70 bits per heavy atom. The molecule has 0 aromatic heterocycles. The lowest BCUT2D eigenvalue weighted by Gasteiger charge is -2.29. The van der Waals surface area contributed by atoms with Gasteiger partial charge in [0.25, 0.3) is 0 Å². The van der Waals surface area contributed by atoms with E-state index in [-0.39, 0.29) is 24.5 Å². The van der Waals surface area contributed by atoms with E-state index >= 15 is 0 Å². The molecule has 5 nitrogen and oxygen atoms in total. The molecule has 0 aliphatic carbocycles. The van der Waals surface area contributed by atoms with Crippen LogP contribution in [0.3, 0.4) is 0 Å². The van der Waals surface area contributed by atoms with Crippen molar-refractivity contribution >= 4 is 23.2 Å². The minimum absolute atomic E-state index is 0.0452. The van der Waals surface area contributed by atoms with Crippen molar-refractivity contribution in [2.24, 2.45) is 5.41 Å². The quantitative estimate of drug-likeness (QED) is 0.802. The molecule has 0 saturated heterocycles. The highest BCUT2D eigenvalue weighted by Crippen LogP contribution is 2.21. The number of benzene rings is 1. The van der Waals surface area contributed by atoms with E-state index in [9.17, 15) is 4.79 Å². The largest absolute Gasteiger partial charge is 0.396 e. The standard InChI is InChI=1S/C17H24ClN3O2/c1-17(2,3)12-21(7-4-8-22)11-16(23)20-15-9-14(18)6-5-13(15)10-19/h5-6,9,22H,4,7-8,11-12H2,1-3H3,(H,20,23). The highest BCUT2D eigenvalue weighted by atomic mass is 35.5. The topological polar surface area (TPSA) is 76.4 Å². The summed E-state index contributed by atoms with van der Waals surface area (Å²) in [6.07, 6.45) is 0.615. The second-order valence-corrected chi connectivity index (χ2v) is 7.13. The number of nitrogens with zero attached hydrogens (tertiary/aromatic N) is 2. The number of nitriles is 1. The number of carbonyl (C=O) groups excluding carboxylic acids is 1. The maximum atomic E-state index is 12.3. The summed E-state index contributed by atoms with van der Waals surface area (Å²) in [6, 6.07) is 6.80. The van der Waals surface area contributed by atoms with Gasteiger partial charge in [0.1, 0.15) is 6.07 Å². The summed E-state index contributed by atoms with van der Waals surface area (Å²) in [4.78, 5) is 14.3. The molecule has 6 heteroatoms. The third kappa shape index (κ3) is 7.47. The van der Waals surface area contributed by atoms with Gasteiger partial charge in [-0.2, -0.15) is 5.26 Å². The fourth-order valence-electron chi connectivity index (χ4n) is 2.29. The molecule has 0 atom stereocenters. The Balaban J connectivity index is 2.75. The first kappa shape index (κ1) is 19.4. The van der Waals surface area contributed by atoms with Gasteiger partial charge in [-0.15, -0.1) is 0 Å². The van der Waals surface area contributed by atoms with Gasteiger partial charge in [0.05, 0.1) is 17.8 Å². The lowest BCUT2D eigenvalue weighted by molar-refractivity contribution is -0.117. The van der Waals surface area contributed by atoms with Gasteiger partial charge in [-0.05, 0) is 30.0 Å². The maximum Gasteiger partial charge on any atom is 0.238 e. The average Bonchev–Trinajstić information content (AvgIpc) is 2.43. The second kappa shape index (κ2) is 8.88. The Morgan fingerprint density at radius 1 is 1.43 bits per heavy atom. The molecule has 0 saturated carbocycles. The van der Waals surface area contributed by atoms with Crippen LogP contribution in [0.2, 0.25) is 5.02 Å². The first-order valence-electron chi connectivity index (χ1n) is 7.58. The molecule has 1 amide bonds. The van der Waals surface area contributed by atoms with E-state index < -0.39 is 0 Å². The van der Waals surface area contributed by atoms with E-state index in [1.807, 2.05) is 11.0 Å². The molecule has 1 rings (SSSR count). The van der Waals surface area contributed by atoms with Crippen molar-refractivity contribution in [3.05, 3.63) is 28.8 Å². The van der Waals surface area contributed by atoms with E-state index in [0.29, 0.717) is 29.2 Å². The summed E-state index contributed by atoms with van der Waals surface area (Å²) in [5.74, 6) is -0.203. The third-order valence-corrected chi connectivity index (χ3v) is 3.31. The van der Waals surface area contributed by atoms with Gasteiger partial charge in [-0.1, -0.05) is 32.4 Å². The van der Waals surface area contributed by atoms with Crippen molar-refractivity contribution in [1.82, 2.24) is 4.90 Å². The van der Waals surface area contributed by atoms with Crippen LogP contribution < -0.4 is 5.32 Å². The average molecular weight is 338 g/mol. The van der Waals surface area contributed by atoms with Crippen molar-refractivity contribution in [3.63, 3.8) is 0 Å². The molecule has 0 aliphatic rings. The van der Waals surface area contributed by atoms with Crippen LogP contribution in [0.15, 0.2) is 18.2 Å². The zero-order chi connectivity index (χ0) is 17.5.